The minimum atomic E-state index is -0.489. The number of pyridine rings is 2. The van der Waals surface area contributed by atoms with Crippen LogP contribution in [0.15, 0.2) is 36.5 Å². The van der Waals surface area contributed by atoms with Gasteiger partial charge in [0.05, 0.1) is 29.1 Å². The van der Waals surface area contributed by atoms with Crippen molar-refractivity contribution in [2.75, 3.05) is 37.1 Å². The molecule has 35 heavy (non-hydrogen) atoms. The molecule has 3 N–H and O–H groups in total. The molecular formula is C25H27N7O3. The van der Waals surface area contributed by atoms with Crippen molar-refractivity contribution in [2.45, 2.75) is 32.0 Å². The van der Waals surface area contributed by atoms with E-state index in [0.717, 1.165) is 40.3 Å². The molecule has 1 fully saturated rings. The first-order valence-electron chi connectivity index (χ1n) is 11.9. The van der Waals surface area contributed by atoms with Crippen LogP contribution in [-0.2, 0) is 17.9 Å². The van der Waals surface area contributed by atoms with E-state index in [1.165, 1.54) is 5.56 Å². The number of fused-ring (bicyclic) bond motifs is 4. The lowest BCUT2D eigenvalue weighted by atomic mass is 9.99. The molecule has 0 atom stereocenters. The molecule has 3 amide bonds. The monoisotopic (exact) mass is 473 g/mol. The number of benzene rings is 1. The molecule has 3 aliphatic heterocycles. The number of hydrogen-bond acceptors (Lipinski definition) is 7. The van der Waals surface area contributed by atoms with E-state index in [4.69, 9.17) is 4.98 Å². The molecule has 3 aromatic rings. The topological polar surface area (TPSA) is 114 Å². The summed E-state index contributed by atoms with van der Waals surface area (Å²) in [7, 11) is 1.79. The molecule has 0 saturated carbocycles. The van der Waals surface area contributed by atoms with Gasteiger partial charge in [-0.3, -0.25) is 14.7 Å². The average molecular weight is 474 g/mol. The molecule has 0 bridgehead atoms. The third-order valence-corrected chi connectivity index (χ3v) is 7.16. The molecule has 10 nitrogen and oxygen atoms in total. The summed E-state index contributed by atoms with van der Waals surface area (Å²) in [6.07, 6.45) is 3.12. The van der Waals surface area contributed by atoms with Gasteiger partial charge >= 0.3 is 6.03 Å². The molecule has 3 aliphatic rings. The van der Waals surface area contributed by atoms with Gasteiger partial charge in [0.15, 0.2) is 0 Å². The Kier molecular flexibility index (Phi) is 5.27. The molecular weight excluding hydrogens is 446 g/mol. The first kappa shape index (κ1) is 21.8. The van der Waals surface area contributed by atoms with E-state index in [9.17, 15) is 14.7 Å². The van der Waals surface area contributed by atoms with Crippen molar-refractivity contribution in [2.24, 2.45) is 0 Å². The molecule has 10 heteroatoms. The zero-order valence-electron chi connectivity index (χ0n) is 19.5. The maximum absolute atomic E-state index is 13.5. The number of nitrogens with zero attached hydrogens (tertiary/aromatic N) is 5. The van der Waals surface area contributed by atoms with Gasteiger partial charge in [0.1, 0.15) is 12.1 Å². The predicted molar refractivity (Wildman–Crippen MR) is 131 cm³/mol. The smallest absolute Gasteiger partial charge is 0.324 e. The van der Waals surface area contributed by atoms with Crippen LogP contribution in [0.3, 0.4) is 0 Å². The molecule has 0 unspecified atom stereocenters. The second kappa shape index (κ2) is 8.47. The van der Waals surface area contributed by atoms with Gasteiger partial charge in [0.2, 0.25) is 5.91 Å². The predicted octanol–water partition coefficient (Wildman–Crippen LogP) is 2.08. The number of carbonyl (C=O) groups excluding carboxylic acids is 2. The molecule has 1 aromatic carbocycles. The number of anilines is 2. The van der Waals surface area contributed by atoms with Crippen LogP contribution in [0.1, 0.15) is 24.0 Å². The van der Waals surface area contributed by atoms with Gasteiger partial charge in [-0.25, -0.2) is 15.2 Å². The largest absolute Gasteiger partial charge is 0.387 e. The number of aliphatic hydroxyl groups excluding tert-OH is 1. The number of nitrogens with one attached hydrogen (secondary N) is 2. The maximum atomic E-state index is 13.5. The Balaban J connectivity index is 1.42. The van der Waals surface area contributed by atoms with Crippen LogP contribution in [0.2, 0.25) is 0 Å². The first-order valence-corrected chi connectivity index (χ1v) is 11.9. The molecule has 0 spiro atoms. The van der Waals surface area contributed by atoms with Crippen molar-refractivity contribution in [3.05, 3.63) is 47.7 Å². The first-order chi connectivity index (χ1) is 17.0. The van der Waals surface area contributed by atoms with E-state index in [1.54, 1.807) is 16.8 Å². The van der Waals surface area contributed by atoms with E-state index in [2.05, 4.69) is 21.9 Å². The number of hydrogen-bond donors (Lipinski definition) is 3. The van der Waals surface area contributed by atoms with Crippen LogP contribution in [0.25, 0.3) is 22.3 Å². The Morgan fingerprint density at radius 1 is 1.17 bits per heavy atom. The summed E-state index contributed by atoms with van der Waals surface area (Å²) in [5, 5.41) is 9.21. The number of rotatable bonds is 3. The van der Waals surface area contributed by atoms with Crippen LogP contribution in [0.4, 0.5) is 16.2 Å². The van der Waals surface area contributed by atoms with Crippen LogP contribution < -0.4 is 15.8 Å². The zero-order chi connectivity index (χ0) is 24.1. The molecule has 0 aliphatic carbocycles. The zero-order valence-corrected chi connectivity index (χ0v) is 19.5. The summed E-state index contributed by atoms with van der Waals surface area (Å²) in [4.78, 5) is 40.3. The normalized spacial score (nSPS) is 18.0. The molecule has 0 radical (unpaired) electrons. The second-order valence-corrected chi connectivity index (χ2v) is 9.33. The Morgan fingerprint density at radius 2 is 2.00 bits per heavy atom. The van der Waals surface area contributed by atoms with Crippen LogP contribution in [-0.4, -0.2) is 69.6 Å². The minimum Gasteiger partial charge on any atom is -0.387 e. The molecule has 2 aromatic heterocycles. The van der Waals surface area contributed by atoms with Crippen LogP contribution in [0, 0.1) is 0 Å². The van der Waals surface area contributed by atoms with E-state index < -0.39 is 6.61 Å². The Labute approximate surface area is 202 Å². The number of piperidine rings is 1. The number of amides is 3. The van der Waals surface area contributed by atoms with Gasteiger partial charge in [-0.15, -0.1) is 0 Å². The lowest BCUT2D eigenvalue weighted by molar-refractivity contribution is -0.135. The third-order valence-electron chi connectivity index (χ3n) is 7.16. The quantitative estimate of drug-likeness (QED) is 0.534. The van der Waals surface area contributed by atoms with Crippen molar-refractivity contribution in [1.82, 2.24) is 25.2 Å². The lowest BCUT2D eigenvalue weighted by Crippen LogP contribution is -2.54. The highest BCUT2D eigenvalue weighted by atomic mass is 16.3. The van der Waals surface area contributed by atoms with Gasteiger partial charge in [-0.2, -0.15) is 0 Å². The Hall–Kier alpha value is -3.76. The average Bonchev–Trinajstić information content (AvgIpc) is 3.37. The van der Waals surface area contributed by atoms with Gasteiger partial charge < -0.3 is 20.3 Å². The number of aliphatic hydroxyl groups is 1. The Bertz CT molecular complexity index is 1340. The maximum Gasteiger partial charge on any atom is 0.324 e. The fourth-order valence-electron chi connectivity index (χ4n) is 5.31. The van der Waals surface area contributed by atoms with E-state index in [-0.39, 0.29) is 18.0 Å². The van der Waals surface area contributed by atoms with Crippen molar-refractivity contribution in [3.8, 4) is 11.3 Å². The fourth-order valence-corrected chi connectivity index (χ4v) is 5.31. The molecule has 1 saturated heterocycles. The van der Waals surface area contributed by atoms with Crippen molar-refractivity contribution < 1.29 is 14.7 Å². The van der Waals surface area contributed by atoms with E-state index in [0.29, 0.717) is 38.0 Å². The third kappa shape index (κ3) is 3.65. The summed E-state index contributed by atoms with van der Waals surface area (Å²) in [5.74, 6) is -0.272. The highest BCUT2D eigenvalue weighted by Gasteiger charge is 2.37. The number of likely N-dealkylation sites (tertiary alicyclic amines) is 1. The van der Waals surface area contributed by atoms with Gasteiger partial charge in [-0.05, 0) is 42.7 Å². The highest BCUT2D eigenvalue weighted by molar-refractivity contribution is 6.04. The summed E-state index contributed by atoms with van der Waals surface area (Å²) in [6, 6.07) is 10.0. The lowest BCUT2D eigenvalue weighted by Gasteiger charge is -2.43. The molecule has 5 heterocycles. The summed E-state index contributed by atoms with van der Waals surface area (Å²) >= 11 is 0. The van der Waals surface area contributed by atoms with Crippen molar-refractivity contribution in [3.63, 3.8) is 0 Å². The van der Waals surface area contributed by atoms with Crippen LogP contribution >= 0.6 is 0 Å². The summed E-state index contributed by atoms with van der Waals surface area (Å²) < 4.78 is 0. The highest BCUT2D eigenvalue weighted by Crippen LogP contribution is 2.38. The summed E-state index contributed by atoms with van der Waals surface area (Å²) in [5.41, 5.74) is 13.6. The van der Waals surface area contributed by atoms with Gasteiger partial charge in [0, 0.05) is 50.0 Å². The van der Waals surface area contributed by atoms with Crippen molar-refractivity contribution >= 4 is 34.3 Å². The van der Waals surface area contributed by atoms with Gasteiger partial charge in [0.25, 0.3) is 0 Å². The standard InChI is InChI=1S/C25H27N7O3/c1-30-13-17-11-26-21-5-4-19(15-2-3-20-16(10-15)12-27-29-20)28-23(21)24(17)32(25(30)35)18-6-8-31(9-7-18)22(34)14-33/h2-5,10-11,18,27,29,33H,6-9,12-14H2,1H3. The minimum absolute atomic E-state index is 0.0695. The van der Waals surface area contributed by atoms with E-state index in [1.807, 2.05) is 35.4 Å². The SMILES string of the molecule is CN1Cc2cnc3ccc(-c4ccc5c(c4)CNN5)nc3c2N(C2CCN(C(=O)CO)CC2)C1=O. The number of carbonyl (C=O) groups is 2. The fraction of sp³-hybridized carbons (Fsp3) is 0.360. The summed E-state index contributed by atoms with van der Waals surface area (Å²) in [6.45, 7) is 1.74. The number of aromatic nitrogens is 2. The van der Waals surface area contributed by atoms with Crippen LogP contribution in [0.5, 0.6) is 0 Å². The number of hydrazine groups is 1. The second-order valence-electron chi connectivity index (χ2n) is 9.33. The Morgan fingerprint density at radius 3 is 2.80 bits per heavy atom. The number of urea groups is 1. The van der Waals surface area contributed by atoms with E-state index >= 15 is 0 Å². The molecule has 180 valence electrons. The van der Waals surface area contributed by atoms with Crippen molar-refractivity contribution in [1.29, 1.82) is 0 Å². The van der Waals surface area contributed by atoms with Gasteiger partial charge in [-0.1, -0.05) is 6.07 Å². The molecule has 6 rings (SSSR count).